The van der Waals surface area contributed by atoms with Crippen LogP contribution in [0, 0.1) is 6.92 Å². The van der Waals surface area contributed by atoms with Gasteiger partial charge in [0.05, 0.1) is 16.8 Å². The van der Waals surface area contributed by atoms with Gasteiger partial charge in [0.15, 0.2) is 0 Å². The van der Waals surface area contributed by atoms with Crippen molar-refractivity contribution in [3.05, 3.63) is 31.8 Å². The van der Waals surface area contributed by atoms with Crippen molar-refractivity contribution in [2.24, 2.45) is 0 Å². The van der Waals surface area contributed by atoms with Gasteiger partial charge >= 0.3 is 0 Å². The molecule has 0 N–H and O–H groups in total. The number of thiazole rings is 1. The summed E-state index contributed by atoms with van der Waals surface area (Å²) in [5.41, 5.74) is 2.24. The first-order chi connectivity index (χ1) is 7.67. The van der Waals surface area contributed by atoms with Crippen LogP contribution in [0.4, 0.5) is 0 Å². The van der Waals surface area contributed by atoms with E-state index in [0.717, 1.165) is 17.1 Å². The highest BCUT2D eigenvalue weighted by atomic mass is 127. The highest BCUT2D eigenvalue weighted by molar-refractivity contribution is 14.1. The molecule has 0 saturated heterocycles. The molecular formula is C12H16INOS. The molecule has 88 valence electrons. The molecule has 0 fully saturated rings. The molecule has 0 aromatic carbocycles. The van der Waals surface area contributed by atoms with E-state index in [-0.39, 0.29) is 6.10 Å². The maximum atomic E-state index is 5.45. The second-order valence-electron chi connectivity index (χ2n) is 3.50. The summed E-state index contributed by atoms with van der Waals surface area (Å²) in [6, 6.07) is 0. The number of nitrogens with zero attached hydrogens (tertiary/aromatic N) is 1. The fraction of sp³-hybridized carbons (Fsp3) is 0.417. The lowest BCUT2D eigenvalue weighted by Crippen LogP contribution is -2.10. The summed E-state index contributed by atoms with van der Waals surface area (Å²) in [5.74, 6) is 0. The van der Waals surface area contributed by atoms with Crippen LogP contribution in [-0.4, -0.2) is 18.2 Å². The highest BCUT2D eigenvalue weighted by Crippen LogP contribution is 2.17. The van der Waals surface area contributed by atoms with Gasteiger partial charge in [-0.2, -0.15) is 0 Å². The Balaban J connectivity index is 2.73. The van der Waals surface area contributed by atoms with Crippen molar-refractivity contribution in [3.63, 3.8) is 0 Å². The van der Waals surface area contributed by atoms with Crippen molar-refractivity contribution >= 4 is 40.0 Å². The number of aromatic nitrogens is 1. The van der Waals surface area contributed by atoms with Crippen molar-refractivity contribution in [2.75, 3.05) is 7.11 Å². The van der Waals surface area contributed by atoms with Crippen molar-refractivity contribution < 1.29 is 4.74 Å². The second-order valence-corrected chi connectivity index (χ2v) is 5.28. The van der Waals surface area contributed by atoms with Crippen molar-refractivity contribution in [3.8, 4) is 0 Å². The van der Waals surface area contributed by atoms with Crippen LogP contribution in [0.2, 0.25) is 0 Å². The molecule has 1 rings (SSSR count). The third-order valence-corrected chi connectivity index (χ3v) is 3.54. The Kier molecular flexibility index (Phi) is 6.23. The highest BCUT2D eigenvalue weighted by Gasteiger charge is 2.08. The molecule has 1 heterocycles. The average Bonchev–Trinajstić information content (AvgIpc) is 2.65. The number of hydrogen-bond donors (Lipinski definition) is 0. The molecule has 0 radical (unpaired) electrons. The van der Waals surface area contributed by atoms with E-state index in [2.05, 4.69) is 52.0 Å². The van der Waals surface area contributed by atoms with E-state index in [4.69, 9.17) is 4.74 Å². The number of aryl methyl sites for hydroxylation is 1. The van der Waals surface area contributed by atoms with Gasteiger partial charge in [0.1, 0.15) is 0 Å². The topological polar surface area (TPSA) is 22.1 Å². The minimum Gasteiger partial charge on any atom is -0.377 e. The molecule has 16 heavy (non-hydrogen) atoms. The first kappa shape index (κ1) is 13.9. The predicted molar refractivity (Wildman–Crippen MR) is 79.1 cm³/mol. The Morgan fingerprint density at radius 3 is 2.94 bits per heavy atom. The zero-order valence-electron chi connectivity index (χ0n) is 9.74. The van der Waals surface area contributed by atoms with Gasteiger partial charge in [-0.05, 0) is 36.0 Å². The molecule has 0 bridgehead atoms. The fourth-order valence-corrected chi connectivity index (χ4v) is 2.28. The van der Waals surface area contributed by atoms with Crippen LogP contribution in [0.15, 0.2) is 21.1 Å². The van der Waals surface area contributed by atoms with E-state index in [1.807, 2.05) is 11.0 Å². The lowest BCUT2D eigenvalue weighted by atomic mass is 10.1. The number of halogens is 1. The third-order valence-electron chi connectivity index (χ3n) is 2.24. The standard InChI is InChI=1S/C12H16INOS/c1-9(12(15-3)5-4-6-13)7-11-8-16-10(2)14-11/h4,6-8,12H,5H2,1-3H3/b6-4-,9-7+/t12-/m0/s1. The van der Waals surface area contributed by atoms with E-state index in [1.165, 1.54) is 5.57 Å². The molecule has 0 aliphatic carbocycles. The second kappa shape index (κ2) is 7.19. The average molecular weight is 349 g/mol. The summed E-state index contributed by atoms with van der Waals surface area (Å²) >= 11 is 3.89. The summed E-state index contributed by atoms with van der Waals surface area (Å²) in [5, 5.41) is 3.17. The summed E-state index contributed by atoms with van der Waals surface area (Å²) in [6.45, 7) is 4.11. The van der Waals surface area contributed by atoms with Crippen LogP contribution in [-0.2, 0) is 4.74 Å². The molecule has 0 amide bonds. The smallest absolute Gasteiger partial charge is 0.0901 e. The fourth-order valence-electron chi connectivity index (χ4n) is 1.42. The van der Waals surface area contributed by atoms with Crippen molar-refractivity contribution in [1.82, 2.24) is 4.98 Å². The van der Waals surface area contributed by atoms with Gasteiger partial charge in [0.2, 0.25) is 0 Å². The Bertz CT molecular complexity index is 384. The SMILES string of the molecule is CO[C@@H](C/C=C\I)/C(C)=C/c1csc(C)n1. The van der Waals surface area contributed by atoms with Gasteiger partial charge in [-0.15, -0.1) is 11.3 Å². The lowest BCUT2D eigenvalue weighted by molar-refractivity contribution is 0.135. The van der Waals surface area contributed by atoms with Crippen LogP contribution in [0.5, 0.6) is 0 Å². The lowest BCUT2D eigenvalue weighted by Gasteiger charge is -2.13. The van der Waals surface area contributed by atoms with E-state index in [0.29, 0.717) is 0 Å². The Morgan fingerprint density at radius 1 is 1.69 bits per heavy atom. The number of ether oxygens (including phenoxy) is 1. The minimum absolute atomic E-state index is 0.146. The largest absolute Gasteiger partial charge is 0.377 e. The molecule has 0 spiro atoms. The molecule has 4 heteroatoms. The summed E-state index contributed by atoms with van der Waals surface area (Å²) in [4.78, 5) is 4.41. The van der Waals surface area contributed by atoms with Crippen molar-refractivity contribution in [1.29, 1.82) is 0 Å². The number of rotatable bonds is 5. The van der Waals surface area contributed by atoms with Gasteiger partial charge in [0.25, 0.3) is 0 Å². The van der Waals surface area contributed by atoms with Crippen molar-refractivity contribution in [2.45, 2.75) is 26.4 Å². The third kappa shape index (κ3) is 4.35. The Labute approximate surface area is 115 Å². The minimum atomic E-state index is 0.146. The Morgan fingerprint density at radius 2 is 2.44 bits per heavy atom. The molecule has 0 aliphatic rings. The van der Waals surface area contributed by atoms with E-state index < -0.39 is 0 Å². The molecule has 0 aliphatic heterocycles. The van der Waals surface area contributed by atoms with Crippen LogP contribution in [0.1, 0.15) is 24.0 Å². The van der Waals surface area contributed by atoms with Crippen LogP contribution in [0.3, 0.4) is 0 Å². The molecular weight excluding hydrogens is 333 g/mol. The van der Waals surface area contributed by atoms with E-state index in [9.17, 15) is 0 Å². The van der Waals surface area contributed by atoms with Gasteiger partial charge < -0.3 is 4.74 Å². The summed E-state index contributed by atoms with van der Waals surface area (Å²) < 4.78 is 7.46. The first-order valence-electron chi connectivity index (χ1n) is 5.05. The quantitative estimate of drug-likeness (QED) is 0.743. The molecule has 0 unspecified atom stereocenters. The molecule has 1 aromatic rings. The first-order valence-corrected chi connectivity index (χ1v) is 7.18. The number of hydrogen-bond acceptors (Lipinski definition) is 3. The number of methoxy groups -OCH3 is 1. The Hall–Kier alpha value is -0.200. The van der Waals surface area contributed by atoms with Crippen LogP contribution >= 0.6 is 33.9 Å². The molecule has 1 aromatic heterocycles. The van der Waals surface area contributed by atoms with Crippen LogP contribution < -0.4 is 0 Å². The maximum Gasteiger partial charge on any atom is 0.0901 e. The van der Waals surface area contributed by atoms with E-state index in [1.54, 1.807) is 18.4 Å². The molecule has 2 nitrogen and oxygen atoms in total. The van der Waals surface area contributed by atoms with Gasteiger partial charge in [-0.25, -0.2) is 4.98 Å². The van der Waals surface area contributed by atoms with Gasteiger partial charge in [-0.3, -0.25) is 0 Å². The monoisotopic (exact) mass is 349 g/mol. The predicted octanol–water partition coefficient (Wildman–Crippen LogP) is 4.21. The molecule has 1 atom stereocenters. The van der Waals surface area contributed by atoms with Gasteiger partial charge in [-0.1, -0.05) is 28.7 Å². The maximum absolute atomic E-state index is 5.45. The summed E-state index contributed by atoms with van der Waals surface area (Å²) in [7, 11) is 1.75. The molecule has 0 saturated carbocycles. The zero-order chi connectivity index (χ0) is 12.0. The normalized spacial score (nSPS) is 14.6. The van der Waals surface area contributed by atoms with Crippen LogP contribution in [0.25, 0.3) is 6.08 Å². The zero-order valence-corrected chi connectivity index (χ0v) is 12.7. The van der Waals surface area contributed by atoms with E-state index >= 15 is 0 Å². The van der Waals surface area contributed by atoms with Gasteiger partial charge in [0, 0.05) is 12.5 Å². The summed E-state index contributed by atoms with van der Waals surface area (Å²) in [6.07, 6.45) is 5.26.